The van der Waals surface area contributed by atoms with Gasteiger partial charge in [-0.3, -0.25) is 9.59 Å². The molecule has 0 radical (unpaired) electrons. The van der Waals surface area contributed by atoms with Crippen molar-refractivity contribution in [2.24, 2.45) is 0 Å². The largest absolute Gasteiger partial charge is 0.497 e. The highest BCUT2D eigenvalue weighted by Gasteiger charge is 2.27. The maximum Gasteiger partial charge on any atom is 0.143 e. The second-order valence-corrected chi connectivity index (χ2v) is 10.9. The van der Waals surface area contributed by atoms with Gasteiger partial charge in [-0.25, -0.2) is 0 Å². The standard InChI is InChI=1S/C34H36N4O4/c1-41-31-10-3-6-23(18-31)16-29(39)21-27-12-14-33(37-35-27)25-8-5-9-26(20-25)34-15-13-28(36-38-34)22-30(40)17-24-7-4-11-32(19-24)42-2/h3-4,6-7,10-15,18-19,25-26H,5,8-9,16-17,20-22H2,1-2H3/t25-,26-/m1/s1. The highest BCUT2D eigenvalue weighted by molar-refractivity contribution is 5.83. The van der Waals surface area contributed by atoms with Crippen LogP contribution >= 0.6 is 0 Å². The molecule has 1 saturated carbocycles. The molecule has 0 aliphatic heterocycles. The first kappa shape index (κ1) is 29.0. The first-order valence-corrected chi connectivity index (χ1v) is 14.4. The number of benzene rings is 2. The van der Waals surface area contributed by atoms with E-state index in [2.05, 4.69) is 20.4 Å². The van der Waals surface area contributed by atoms with E-state index >= 15 is 0 Å². The Morgan fingerprint density at radius 1 is 0.643 bits per heavy atom. The van der Waals surface area contributed by atoms with Crippen LogP contribution < -0.4 is 9.47 Å². The van der Waals surface area contributed by atoms with Gasteiger partial charge in [-0.15, -0.1) is 0 Å². The summed E-state index contributed by atoms with van der Waals surface area (Å²) in [6, 6.07) is 23.0. The number of hydrogen-bond donors (Lipinski definition) is 0. The highest BCUT2D eigenvalue weighted by atomic mass is 16.5. The van der Waals surface area contributed by atoms with Gasteiger partial charge in [-0.05, 0) is 78.9 Å². The Hall–Kier alpha value is -4.46. The summed E-state index contributed by atoms with van der Waals surface area (Å²) in [6.45, 7) is 0. The molecule has 1 fully saturated rings. The first-order valence-electron chi connectivity index (χ1n) is 14.4. The van der Waals surface area contributed by atoms with Gasteiger partial charge in [0, 0.05) is 24.7 Å². The summed E-state index contributed by atoms with van der Waals surface area (Å²) in [6.07, 6.45) is 5.25. The minimum absolute atomic E-state index is 0.0899. The molecule has 5 rings (SSSR count). The summed E-state index contributed by atoms with van der Waals surface area (Å²) in [5, 5.41) is 17.8. The number of carbonyl (C=O) groups is 2. The fourth-order valence-corrected chi connectivity index (χ4v) is 5.64. The molecule has 0 bridgehead atoms. The van der Waals surface area contributed by atoms with E-state index in [-0.39, 0.29) is 36.2 Å². The number of rotatable bonds is 12. The molecule has 0 saturated heterocycles. The van der Waals surface area contributed by atoms with Crippen molar-refractivity contribution in [2.45, 2.75) is 63.2 Å². The van der Waals surface area contributed by atoms with Gasteiger partial charge in [0.25, 0.3) is 0 Å². The van der Waals surface area contributed by atoms with E-state index in [0.717, 1.165) is 59.7 Å². The van der Waals surface area contributed by atoms with Crippen LogP contribution in [0.2, 0.25) is 0 Å². The zero-order valence-electron chi connectivity index (χ0n) is 24.2. The number of Topliss-reactive ketones (excluding diaryl/α,β-unsaturated/α-hetero) is 2. The Bertz CT molecular complexity index is 1390. The van der Waals surface area contributed by atoms with Crippen LogP contribution in [-0.2, 0) is 35.3 Å². The SMILES string of the molecule is COc1cccc(CC(=O)Cc2ccc([C@@H]3CCC[C@@H](c4ccc(CC(=O)Cc5cccc(OC)c5)nn4)C3)nn2)c1. The Labute approximate surface area is 246 Å². The molecule has 2 heterocycles. The first-order chi connectivity index (χ1) is 20.5. The monoisotopic (exact) mass is 564 g/mol. The topological polar surface area (TPSA) is 104 Å². The van der Waals surface area contributed by atoms with Crippen LogP contribution in [0.5, 0.6) is 11.5 Å². The molecule has 1 aliphatic rings. The van der Waals surface area contributed by atoms with Crippen molar-refractivity contribution >= 4 is 11.6 Å². The molecular formula is C34H36N4O4. The van der Waals surface area contributed by atoms with Gasteiger partial charge in [-0.2, -0.15) is 20.4 Å². The number of hydrogen-bond acceptors (Lipinski definition) is 8. The van der Waals surface area contributed by atoms with Gasteiger partial charge >= 0.3 is 0 Å². The zero-order chi connectivity index (χ0) is 29.3. The van der Waals surface area contributed by atoms with Crippen LogP contribution in [0.25, 0.3) is 0 Å². The minimum Gasteiger partial charge on any atom is -0.497 e. The molecule has 0 N–H and O–H groups in total. The van der Waals surface area contributed by atoms with Crippen LogP contribution in [0.3, 0.4) is 0 Å². The van der Waals surface area contributed by atoms with E-state index in [1.54, 1.807) is 14.2 Å². The highest BCUT2D eigenvalue weighted by Crippen LogP contribution is 2.39. The fraction of sp³-hybridized carbons (Fsp3) is 0.353. The lowest BCUT2D eigenvalue weighted by Gasteiger charge is -2.28. The fourth-order valence-electron chi connectivity index (χ4n) is 5.64. The predicted octanol–water partition coefficient (Wildman–Crippen LogP) is 5.43. The molecule has 2 aromatic carbocycles. The third kappa shape index (κ3) is 7.84. The molecule has 4 aromatic rings. The predicted molar refractivity (Wildman–Crippen MR) is 159 cm³/mol. The van der Waals surface area contributed by atoms with E-state index in [0.29, 0.717) is 24.2 Å². The van der Waals surface area contributed by atoms with Crippen LogP contribution in [0.15, 0.2) is 72.8 Å². The lowest BCUT2D eigenvalue weighted by molar-refractivity contribution is -0.118. The number of methoxy groups -OCH3 is 2. The maximum absolute atomic E-state index is 12.6. The van der Waals surface area contributed by atoms with Crippen LogP contribution in [0.1, 0.15) is 71.4 Å². The number of ether oxygens (including phenoxy) is 2. The van der Waals surface area contributed by atoms with E-state index in [9.17, 15) is 9.59 Å². The second kappa shape index (κ2) is 13.9. The van der Waals surface area contributed by atoms with Gasteiger partial charge in [0.2, 0.25) is 0 Å². The third-order valence-electron chi connectivity index (χ3n) is 7.82. The number of carbonyl (C=O) groups excluding carboxylic acids is 2. The lowest BCUT2D eigenvalue weighted by atomic mass is 9.78. The summed E-state index contributed by atoms with van der Waals surface area (Å²) in [7, 11) is 3.23. The smallest absolute Gasteiger partial charge is 0.143 e. The van der Waals surface area contributed by atoms with E-state index in [1.165, 1.54) is 0 Å². The van der Waals surface area contributed by atoms with Gasteiger partial charge in [0.1, 0.15) is 23.1 Å². The third-order valence-corrected chi connectivity index (χ3v) is 7.82. The summed E-state index contributed by atoms with van der Waals surface area (Å²) in [4.78, 5) is 25.2. The van der Waals surface area contributed by atoms with Gasteiger partial charge in [0.15, 0.2) is 0 Å². The molecule has 2 aromatic heterocycles. The average Bonchev–Trinajstić information content (AvgIpc) is 3.02. The molecule has 0 unspecified atom stereocenters. The normalized spacial score (nSPS) is 16.5. The average molecular weight is 565 g/mol. The van der Waals surface area contributed by atoms with Crippen molar-refractivity contribution in [2.75, 3.05) is 14.2 Å². The molecule has 8 nitrogen and oxygen atoms in total. The van der Waals surface area contributed by atoms with Crippen molar-refractivity contribution in [3.05, 3.63) is 107 Å². The van der Waals surface area contributed by atoms with Crippen LogP contribution in [-0.4, -0.2) is 46.2 Å². The summed E-state index contributed by atoms with van der Waals surface area (Å²) in [5.74, 6) is 2.23. The Morgan fingerprint density at radius 2 is 1.12 bits per heavy atom. The van der Waals surface area contributed by atoms with E-state index in [1.807, 2.05) is 72.8 Å². The van der Waals surface area contributed by atoms with Crippen molar-refractivity contribution < 1.29 is 19.1 Å². The van der Waals surface area contributed by atoms with Crippen LogP contribution in [0, 0.1) is 0 Å². The van der Waals surface area contributed by atoms with Crippen molar-refractivity contribution in [1.82, 2.24) is 20.4 Å². The molecular weight excluding hydrogens is 528 g/mol. The Kier molecular flexibility index (Phi) is 9.64. The van der Waals surface area contributed by atoms with Crippen molar-refractivity contribution in [1.29, 1.82) is 0 Å². The zero-order valence-corrected chi connectivity index (χ0v) is 24.2. The van der Waals surface area contributed by atoms with Gasteiger partial charge < -0.3 is 9.47 Å². The molecule has 8 heteroatoms. The second-order valence-electron chi connectivity index (χ2n) is 10.9. The molecule has 42 heavy (non-hydrogen) atoms. The number of aromatic nitrogens is 4. The molecule has 1 aliphatic carbocycles. The quantitative estimate of drug-likeness (QED) is 0.224. The van der Waals surface area contributed by atoms with Crippen molar-refractivity contribution in [3.63, 3.8) is 0 Å². The molecule has 0 spiro atoms. The molecule has 2 atom stereocenters. The Morgan fingerprint density at radius 3 is 1.52 bits per heavy atom. The molecule has 0 amide bonds. The minimum atomic E-state index is 0.0899. The summed E-state index contributed by atoms with van der Waals surface area (Å²) < 4.78 is 10.5. The summed E-state index contributed by atoms with van der Waals surface area (Å²) >= 11 is 0. The van der Waals surface area contributed by atoms with Gasteiger partial charge in [0.05, 0.1) is 49.8 Å². The van der Waals surface area contributed by atoms with E-state index < -0.39 is 0 Å². The van der Waals surface area contributed by atoms with E-state index in [4.69, 9.17) is 9.47 Å². The van der Waals surface area contributed by atoms with Crippen LogP contribution in [0.4, 0.5) is 0 Å². The van der Waals surface area contributed by atoms with Crippen molar-refractivity contribution in [3.8, 4) is 11.5 Å². The summed E-state index contributed by atoms with van der Waals surface area (Å²) in [5.41, 5.74) is 5.12. The Balaban J connectivity index is 1.13. The molecule has 216 valence electrons. The van der Waals surface area contributed by atoms with Gasteiger partial charge in [-0.1, -0.05) is 30.7 Å². The number of nitrogens with zero attached hydrogens (tertiary/aromatic N) is 4. The lowest BCUT2D eigenvalue weighted by Crippen LogP contribution is -2.17. The maximum atomic E-state index is 12.6. The number of ketones is 2.